The Morgan fingerprint density at radius 3 is 2.59 bits per heavy atom. The number of phenolic OH excluding ortho intramolecular Hbond substituents is 1. The van der Waals surface area contributed by atoms with Gasteiger partial charge in [0.2, 0.25) is 10.0 Å². The number of aromatic hydroxyl groups is 1. The molecular weight excluding hydrogens is 386 g/mol. The van der Waals surface area contributed by atoms with Gasteiger partial charge in [0.05, 0.1) is 5.75 Å². The molecule has 2 fully saturated rings. The summed E-state index contributed by atoms with van der Waals surface area (Å²) in [5.74, 6) is 1.56. The first-order chi connectivity index (χ1) is 13.8. The Hall–Kier alpha value is -1.15. The van der Waals surface area contributed by atoms with E-state index in [1.165, 1.54) is 11.1 Å². The maximum Gasteiger partial charge on any atom is 0.213 e. The van der Waals surface area contributed by atoms with E-state index in [0.29, 0.717) is 42.8 Å². The van der Waals surface area contributed by atoms with E-state index in [2.05, 4.69) is 30.0 Å². The Kier molecular flexibility index (Phi) is 5.95. The summed E-state index contributed by atoms with van der Waals surface area (Å²) >= 11 is 0. The molecule has 1 aliphatic carbocycles. The Labute approximate surface area is 175 Å². The number of phenols is 1. The van der Waals surface area contributed by atoms with E-state index < -0.39 is 10.0 Å². The molecular formula is C22H35N3O3S. The van der Waals surface area contributed by atoms with Gasteiger partial charge in [-0.1, -0.05) is 6.07 Å². The lowest BCUT2D eigenvalue weighted by Gasteiger charge is -2.52. The molecule has 2 aliphatic heterocycles. The summed E-state index contributed by atoms with van der Waals surface area (Å²) in [6.45, 7) is 5.15. The van der Waals surface area contributed by atoms with Gasteiger partial charge in [0.25, 0.3) is 0 Å². The largest absolute Gasteiger partial charge is 0.508 e. The zero-order chi connectivity index (χ0) is 20.8. The molecule has 2 bridgehead atoms. The topological polar surface area (TPSA) is 64.1 Å². The van der Waals surface area contributed by atoms with Gasteiger partial charge in [-0.05, 0) is 82.4 Å². The van der Waals surface area contributed by atoms with Crippen molar-refractivity contribution in [3.05, 3.63) is 29.3 Å². The van der Waals surface area contributed by atoms with Crippen molar-refractivity contribution in [2.24, 2.45) is 5.92 Å². The number of likely N-dealkylation sites (N-methyl/N-ethyl adjacent to an activating group) is 2. The highest BCUT2D eigenvalue weighted by atomic mass is 32.2. The highest BCUT2D eigenvalue weighted by molar-refractivity contribution is 7.89. The Morgan fingerprint density at radius 1 is 1.17 bits per heavy atom. The predicted molar refractivity (Wildman–Crippen MR) is 116 cm³/mol. The number of benzene rings is 1. The molecule has 0 radical (unpaired) electrons. The Morgan fingerprint density at radius 2 is 1.90 bits per heavy atom. The van der Waals surface area contributed by atoms with Crippen LogP contribution in [0.5, 0.6) is 5.75 Å². The van der Waals surface area contributed by atoms with Crippen LogP contribution in [0.4, 0.5) is 0 Å². The fourth-order valence-electron chi connectivity index (χ4n) is 5.85. The lowest BCUT2D eigenvalue weighted by atomic mass is 9.71. The number of hydrogen-bond donors (Lipinski definition) is 1. The SMILES string of the molecule is CCS(=O)(=O)N1CCC(CN(C)C2C3CCN(C)C2Cc2ccc(O)cc23)CC1. The van der Waals surface area contributed by atoms with Gasteiger partial charge in [-0.2, -0.15) is 0 Å². The van der Waals surface area contributed by atoms with Crippen molar-refractivity contribution >= 4 is 10.0 Å². The molecule has 6 nitrogen and oxygen atoms in total. The number of fused-ring (bicyclic) bond motifs is 4. The molecule has 3 atom stereocenters. The quantitative estimate of drug-likeness (QED) is 0.789. The van der Waals surface area contributed by atoms with Crippen molar-refractivity contribution in [2.45, 2.75) is 50.6 Å². The maximum atomic E-state index is 12.1. The van der Waals surface area contributed by atoms with Crippen molar-refractivity contribution < 1.29 is 13.5 Å². The van der Waals surface area contributed by atoms with Crippen LogP contribution in [0.15, 0.2) is 18.2 Å². The van der Waals surface area contributed by atoms with Crippen molar-refractivity contribution in [3.63, 3.8) is 0 Å². The number of sulfonamides is 1. The summed E-state index contributed by atoms with van der Waals surface area (Å²) in [5, 5.41) is 10.1. The molecule has 29 heavy (non-hydrogen) atoms. The van der Waals surface area contributed by atoms with Crippen LogP contribution < -0.4 is 0 Å². The second-order valence-corrected chi connectivity index (χ2v) is 11.5. The summed E-state index contributed by atoms with van der Waals surface area (Å²) in [5.41, 5.74) is 2.71. The maximum absolute atomic E-state index is 12.1. The third kappa shape index (κ3) is 4.07. The first-order valence-corrected chi connectivity index (χ1v) is 12.6. The summed E-state index contributed by atoms with van der Waals surface area (Å²) in [6, 6.07) is 6.84. The van der Waals surface area contributed by atoms with Gasteiger partial charge < -0.3 is 14.9 Å². The van der Waals surface area contributed by atoms with E-state index in [1.807, 2.05) is 12.1 Å². The van der Waals surface area contributed by atoms with Gasteiger partial charge in [0.15, 0.2) is 0 Å². The van der Waals surface area contributed by atoms with Crippen molar-refractivity contribution in [3.8, 4) is 5.75 Å². The van der Waals surface area contributed by atoms with Crippen LogP contribution in [0, 0.1) is 5.92 Å². The van der Waals surface area contributed by atoms with Crippen molar-refractivity contribution in [1.82, 2.24) is 14.1 Å². The van der Waals surface area contributed by atoms with Gasteiger partial charge in [0.1, 0.15) is 5.75 Å². The lowest BCUT2D eigenvalue weighted by molar-refractivity contribution is 0.0321. The highest BCUT2D eigenvalue weighted by Crippen LogP contribution is 2.43. The minimum absolute atomic E-state index is 0.196. The molecule has 2 saturated heterocycles. The number of piperidine rings is 2. The Balaban J connectivity index is 1.47. The smallest absolute Gasteiger partial charge is 0.213 e. The van der Waals surface area contributed by atoms with Gasteiger partial charge >= 0.3 is 0 Å². The molecule has 1 aromatic carbocycles. The number of likely N-dealkylation sites (tertiary alicyclic amines) is 1. The average Bonchev–Trinajstić information content (AvgIpc) is 2.71. The third-order valence-corrected chi connectivity index (χ3v) is 9.39. The fraction of sp³-hybridized carbons (Fsp3) is 0.727. The van der Waals surface area contributed by atoms with Gasteiger partial charge in [-0.3, -0.25) is 0 Å². The second-order valence-electron chi connectivity index (χ2n) is 9.20. The molecule has 7 heteroatoms. The van der Waals surface area contributed by atoms with Crippen LogP contribution in [-0.4, -0.2) is 85.7 Å². The molecule has 4 rings (SSSR count). The van der Waals surface area contributed by atoms with Gasteiger partial charge in [0, 0.05) is 37.6 Å². The van der Waals surface area contributed by atoms with Gasteiger partial charge in [-0.25, -0.2) is 12.7 Å². The predicted octanol–water partition coefficient (Wildman–Crippen LogP) is 2.10. The minimum atomic E-state index is -3.06. The van der Waals surface area contributed by atoms with E-state index >= 15 is 0 Å². The van der Waals surface area contributed by atoms with Crippen LogP contribution in [0.25, 0.3) is 0 Å². The number of rotatable bonds is 5. The lowest BCUT2D eigenvalue weighted by Crippen LogP contribution is -2.60. The van der Waals surface area contributed by atoms with Crippen molar-refractivity contribution in [1.29, 1.82) is 0 Å². The third-order valence-electron chi connectivity index (χ3n) is 7.51. The van der Waals surface area contributed by atoms with Gasteiger partial charge in [-0.15, -0.1) is 0 Å². The van der Waals surface area contributed by atoms with Crippen LogP contribution in [-0.2, 0) is 16.4 Å². The standard InChI is InChI=1S/C22H35N3O3S/c1-4-29(27,28)25-11-7-16(8-12-25)15-24(3)22-19-9-10-23(2)21(22)13-17-5-6-18(26)14-20(17)19/h5-6,14,16,19,21-22,26H,4,7-13,15H2,1-3H3. The van der Waals surface area contributed by atoms with Crippen LogP contribution >= 0.6 is 0 Å². The van der Waals surface area contributed by atoms with Crippen molar-refractivity contribution in [2.75, 3.05) is 46.0 Å². The molecule has 0 saturated carbocycles. The second kappa shape index (κ2) is 8.17. The first-order valence-electron chi connectivity index (χ1n) is 11.0. The van der Waals surface area contributed by atoms with Crippen LogP contribution in [0.1, 0.15) is 43.2 Å². The Bertz CT molecular complexity index is 836. The molecule has 0 spiro atoms. The fourth-order valence-corrected chi connectivity index (χ4v) is 6.98. The van der Waals surface area contributed by atoms with E-state index in [-0.39, 0.29) is 5.75 Å². The molecule has 0 aromatic heterocycles. The first kappa shape index (κ1) is 21.1. The normalized spacial score (nSPS) is 29.2. The molecule has 1 aromatic rings. The molecule has 2 heterocycles. The molecule has 0 amide bonds. The summed E-state index contributed by atoms with van der Waals surface area (Å²) in [4.78, 5) is 5.04. The molecule has 1 N–H and O–H groups in total. The van der Waals surface area contributed by atoms with E-state index in [1.54, 1.807) is 11.2 Å². The number of nitrogens with zero attached hydrogens (tertiary/aromatic N) is 3. The average molecular weight is 422 g/mol. The van der Waals surface area contributed by atoms with E-state index in [9.17, 15) is 13.5 Å². The van der Waals surface area contributed by atoms with Crippen LogP contribution in [0.2, 0.25) is 0 Å². The highest BCUT2D eigenvalue weighted by Gasteiger charge is 2.44. The minimum Gasteiger partial charge on any atom is -0.508 e. The van der Waals surface area contributed by atoms with E-state index in [4.69, 9.17) is 0 Å². The molecule has 3 aliphatic rings. The van der Waals surface area contributed by atoms with E-state index in [0.717, 1.165) is 38.8 Å². The summed E-state index contributed by atoms with van der Waals surface area (Å²) < 4.78 is 25.9. The molecule has 162 valence electrons. The van der Waals surface area contributed by atoms with Crippen LogP contribution in [0.3, 0.4) is 0 Å². The monoisotopic (exact) mass is 421 g/mol. The zero-order valence-electron chi connectivity index (χ0n) is 17.9. The number of hydrogen-bond acceptors (Lipinski definition) is 5. The molecule has 3 unspecified atom stereocenters. The summed E-state index contributed by atoms with van der Waals surface area (Å²) in [7, 11) is 1.42. The zero-order valence-corrected chi connectivity index (χ0v) is 18.7. The summed E-state index contributed by atoms with van der Waals surface area (Å²) in [6.07, 6.45) is 4.04.